The summed E-state index contributed by atoms with van der Waals surface area (Å²) in [6, 6.07) is 9.30. The zero-order chi connectivity index (χ0) is 25.6. The fraction of sp³-hybridized carbons (Fsp3) is 0.238. The van der Waals surface area contributed by atoms with Gasteiger partial charge in [0, 0.05) is 8.95 Å². The second-order valence-electron chi connectivity index (χ2n) is 5.79. The molecule has 0 heterocycles. The van der Waals surface area contributed by atoms with Gasteiger partial charge in [-0.25, -0.2) is 14.4 Å². The molecule has 0 unspecified atom stereocenters. The van der Waals surface area contributed by atoms with Crippen molar-refractivity contribution in [3.63, 3.8) is 0 Å². The van der Waals surface area contributed by atoms with Gasteiger partial charge in [-0.05, 0) is 47.5 Å². The van der Waals surface area contributed by atoms with Gasteiger partial charge >= 0.3 is 23.9 Å². The first-order valence-electron chi connectivity index (χ1n) is 8.64. The van der Waals surface area contributed by atoms with Crippen LogP contribution in [-0.4, -0.2) is 61.3 Å². The number of benzene rings is 2. The Hall–Kier alpha value is -2.32. The van der Waals surface area contributed by atoms with E-state index in [0.29, 0.717) is 15.6 Å². The Balaban J connectivity index is 0. The van der Waals surface area contributed by atoms with Crippen LogP contribution in [-0.2, 0) is 27.5 Å². The number of carboxylic acids is 4. The van der Waals surface area contributed by atoms with E-state index in [-0.39, 0.29) is 37.1 Å². The van der Waals surface area contributed by atoms with E-state index >= 15 is 0 Å². The van der Waals surface area contributed by atoms with Crippen molar-refractivity contribution in [2.75, 3.05) is 11.9 Å². The Bertz CT molecular complexity index is 979. The third kappa shape index (κ3) is 14.1. The molecule has 0 fully saturated rings. The number of aliphatic hydroxyl groups excluding tert-OH is 1. The van der Waals surface area contributed by atoms with E-state index in [1.54, 1.807) is 24.3 Å². The maximum absolute atomic E-state index is 10.8. The molecule has 0 atom stereocenters. The number of hydrogen-bond donors (Lipinski definition) is 5. The summed E-state index contributed by atoms with van der Waals surface area (Å²) >= 11 is 9.10. The number of aromatic carboxylic acids is 2. The smallest absolute Gasteiger partial charge is 0.336 e. The van der Waals surface area contributed by atoms with Crippen molar-refractivity contribution in [2.45, 2.75) is 20.6 Å². The third-order valence-electron chi connectivity index (χ3n) is 3.36. The van der Waals surface area contributed by atoms with E-state index < -0.39 is 30.5 Å². The minimum absolute atomic E-state index is 0. The number of halogens is 3. The number of rotatable bonds is 8. The van der Waals surface area contributed by atoms with Gasteiger partial charge in [-0.2, -0.15) is 0 Å². The summed E-state index contributed by atoms with van der Waals surface area (Å²) in [6.07, 6.45) is 0. The van der Waals surface area contributed by atoms with Gasteiger partial charge in [0.05, 0.1) is 24.3 Å². The Kier molecular flexibility index (Phi) is 18.0. The predicted octanol–water partition coefficient (Wildman–Crippen LogP) is 4.49. The fourth-order valence-corrected chi connectivity index (χ4v) is 2.86. The summed E-state index contributed by atoms with van der Waals surface area (Å²) in [5.74, 6) is -4.01. The van der Waals surface area contributed by atoms with Crippen molar-refractivity contribution in [1.29, 1.82) is 0 Å². The van der Waals surface area contributed by atoms with Gasteiger partial charge in [0.2, 0.25) is 0 Å². The Morgan fingerprint density at radius 2 is 1.18 bits per heavy atom. The number of alkyl halides is 1. The molecule has 2 aromatic carbocycles. The molecule has 5 N–H and O–H groups in total. The van der Waals surface area contributed by atoms with E-state index in [4.69, 9.17) is 30.3 Å². The van der Waals surface area contributed by atoms with Crippen molar-refractivity contribution in [3.8, 4) is 0 Å². The van der Waals surface area contributed by atoms with Gasteiger partial charge in [-0.15, -0.1) is 0 Å². The summed E-state index contributed by atoms with van der Waals surface area (Å²) in [5.41, 5.74) is 1.09. The maximum atomic E-state index is 10.8. The predicted molar refractivity (Wildman–Crippen MR) is 134 cm³/mol. The molecule has 188 valence electrons. The number of hydrogen-bond acceptors (Lipinski definition) is 6. The summed E-state index contributed by atoms with van der Waals surface area (Å²) < 4.78 is 6.32. The molecule has 0 radical (unpaired) electrons. The second-order valence-corrected chi connectivity index (χ2v) is 8.18. The SMILES string of the molecule is C.O=C(O)CBr.O=C(O)COCc1cc(Br)ccc1C(=O)O.O=C(O)c1ccc(Br)cc1CO. The van der Waals surface area contributed by atoms with Crippen molar-refractivity contribution in [2.24, 2.45) is 0 Å². The van der Waals surface area contributed by atoms with Crippen LogP contribution < -0.4 is 0 Å². The van der Waals surface area contributed by atoms with Crippen LogP contribution in [0.15, 0.2) is 45.3 Å². The molecule has 0 bridgehead atoms. The molecule has 0 amide bonds. The van der Waals surface area contributed by atoms with Crippen molar-refractivity contribution >= 4 is 71.7 Å². The van der Waals surface area contributed by atoms with Crippen LogP contribution in [0.2, 0.25) is 0 Å². The Labute approximate surface area is 220 Å². The Morgan fingerprint density at radius 1 is 0.765 bits per heavy atom. The minimum Gasteiger partial charge on any atom is -0.481 e. The third-order valence-corrected chi connectivity index (χ3v) is 4.83. The van der Waals surface area contributed by atoms with Gasteiger partial charge in [0.25, 0.3) is 0 Å². The number of aliphatic carboxylic acids is 2. The molecule has 2 rings (SSSR count). The zero-order valence-electron chi connectivity index (χ0n) is 16.7. The Morgan fingerprint density at radius 3 is 1.53 bits per heavy atom. The zero-order valence-corrected chi connectivity index (χ0v) is 21.5. The summed E-state index contributed by atoms with van der Waals surface area (Å²) in [4.78, 5) is 41.0. The lowest BCUT2D eigenvalue weighted by molar-refractivity contribution is -0.142. The highest BCUT2D eigenvalue weighted by molar-refractivity contribution is 9.10. The molecule has 13 heteroatoms. The van der Waals surface area contributed by atoms with Crippen molar-refractivity contribution in [3.05, 3.63) is 67.6 Å². The quantitative estimate of drug-likeness (QED) is 0.251. The summed E-state index contributed by atoms with van der Waals surface area (Å²) in [7, 11) is 0. The molecular formula is C21H23Br3O10. The number of ether oxygens (including phenoxy) is 1. The van der Waals surface area contributed by atoms with Crippen LogP contribution in [0.5, 0.6) is 0 Å². The lowest BCUT2D eigenvalue weighted by atomic mass is 10.1. The van der Waals surface area contributed by atoms with Gasteiger partial charge in [0.15, 0.2) is 0 Å². The van der Waals surface area contributed by atoms with Crippen LogP contribution in [0.4, 0.5) is 0 Å². The number of carbonyl (C=O) groups is 4. The molecular weight excluding hydrogens is 652 g/mol. The molecule has 0 aromatic heterocycles. The molecule has 0 saturated heterocycles. The normalized spacial score (nSPS) is 9.29. The fourth-order valence-electron chi connectivity index (χ4n) is 2.04. The number of aliphatic hydroxyl groups is 1. The molecule has 0 aliphatic heterocycles. The first kappa shape index (κ1) is 33.9. The van der Waals surface area contributed by atoms with E-state index in [0.717, 1.165) is 4.47 Å². The van der Waals surface area contributed by atoms with Crippen molar-refractivity contribution in [1.82, 2.24) is 0 Å². The van der Waals surface area contributed by atoms with Crippen LogP contribution in [0.25, 0.3) is 0 Å². The topological polar surface area (TPSA) is 179 Å². The minimum atomic E-state index is -1.09. The van der Waals surface area contributed by atoms with E-state index in [9.17, 15) is 19.2 Å². The molecule has 0 saturated carbocycles. The van der Waals surface area contributed by atoms with Gasteiger partial charge in [0.1, 0.15) is 11.9 Å². The second kappa shape index (κ2) is 18.1. The van der Waals surface area contributed by atoms with E-state index in [1.807, 2.05) is 0 Å². The molecule has 34 heavy (non-hydrogen) atoms. The van der Waals surface area contributed by atoms with Gasteiger partial charge in [-0.3, -0.25) is 4.79 Å². The largest absolute Gasteiger partial charge is 0.481 e. The van der Waals surface area contributed by atoms with Crippen LogP contribution in [0.3, 0.4) is 0 Å². The first-order chi connectivity index (χ1) is 15.4. The van der Waals surface area contributed by atoms with Crippen LogP contribution in [0.1, 0.15) is 39.3 Å². The lowest BCUT2D eigenvalue weighted by Crippen LogP contribution is -2.09. The average Bonchev–Trinajstić information content (AvgIpc) is 2.73. The number of carboxylic acid groups (broad SMARTS) is 4. The van der Waals surface area contributed by atoms with Crippen LogP contribution >= 0.6 is 47.8 Å². The van der Waals surface area contributed by atoms with Crippen molar-refractivity contribution < 1.29 is 49.4 Å². The molecule has 0 aliphatic rings. The van der Waals surface area contributed by atoms with Gasteiger partial charge in [-0.1, -0.05) is 55.2 Å². The molecule has 0 spiro atoms. The highest BCUT2D eigenvalue weighted by Crippen LogP contribution is 2.18. The lowest BCUT2D eigenvalue weighted by Gasteiger charge is -2.06. The maximum Gasteiger partial charge on any atom is 0.336 e. The molecule has 10 nitrogen and oxygen atoms in total. The van der Waals surface area contributed by atoms with Crippen LogP contribution in [0, 0.1) is 0 Å². The monoisotopic (exact) mass is 672 g/mol. The standard InChI is InChI=1S/C10H9BrO5.C8H7BrO3.C2H3BrO2.CH4/c11-7-1-2-8(10(14)15)6(3-7)4-16-5-9(12)13;9-6-1-2-7(8(11)12)5(3-6)4-10;3-1-2(4)5;/h1-3H,4-5H2,(H,12,13)(H,14,15);1-3,10H,4H2,(H,11,12);1H2,(H,4,5);1H4. The van der Waals surface area contributed by atoms with Gasteiger partial charge < -0.3 is 30.3 Å². The highest BCUT2D eigenvalue weighted by atomic mass is 79.9. The average molecular weight is 675 g/mol. The summed E-state index contributed by atoms with van der Waals surface area (Å²) in [5, 5.41) is 42.4. The first-order valence-corrected chi connectivity index (χ1v) is 11.3. The molecule has 0 aliphatic carbocycles. The van der Waals surface area contributed by atoms with E-state index in [2.05, 4.69) is 47.8 Å². The molecule has 2 aromatic rings. The van der Waals surface area contributed by atoms with E-state index in [1.165, 1.54) is 12.1 Å². The highest BCUT2D eigenvalue weighted by Gasteiger charge is 2.11. The summed E-state index contributed by atoms with van der Waals surface area (Å²) in [6.45, 7) is -0.764.